The highest BCUT2D eigenvalue weighted by Gasteiger charge is 2.30. The SMILES string of the molecule is CCC1(C)CCN(C(=O)c2cccc(N)c2)CC1.Cl. The maximum atomic E-state index is 12.3. The summed E-state index contributed by atoms with van der Waals surface area (Å²) in [6.07, 6.45) is 3.38. The molecule has 0 aliphatic carbocycles. The summed E-state index contributed by atoms with van der Waals surface area (Å²) in [5, 5.41) is 0. The van der Waals surface area contributed by atoms with Crippen molar-refractivity contribution in [2.75, 3.05) is 18.8 Å². The Balaban J connectivity index is 0.00000180. The minimum atomic E-state index is 0. The maximum absolute atomic E-state index is 12.3. The van der Waals surface area contributed by atoms with Gasteiger partial charge < -0.3 is 10.6 Å². The van der Waals surface area contributed by atoms with Crippen LogP contribution in [0.15, 0.2) is 24.3 Å². The lowest BCUT2D eigenvalue weighted by Crippen LogP contribution is -2.41. The van der Waals surface area contributed by atoms with E-state index >= 15 is 0 Å². The predicted molar refractivity (Wildman–Crippen MR) is 81.6 cm³/mol. The van der Waals surface area contributed by atoms with E-state index in [1.54, 1.807) is 12.1 Å². The summed E-state index contributed by atoms with van der Waals surface area (Å²) in [6, 6.07) is 7.24. The monoisotopic (exact) mass is 282 g/mol. The normalized spacial score (nSPS) is 17.7. The number of anilines is 1. The Morgan fingerprint density at radius 3 is 2.53 bits per heavy atom. The quantitative estimate of drug-likeness (QED) is 0.846. The lowest BCUT2D eigenvalue weighted by Gasteiger charge is -2.39. The molecule has 0 bridgehead atoms. The molecule has 1 saturated heterocycles. The third kappa shape index (κ3) is 3.63. The zero-order valence-electron chi connectivity index (χ0n) is 11.7. The van der Waals surface area contributed by atoms with Crippen LogP contribution in [0.5, 0.6) is 0 Å². The zero-order valence-corrected chi connectivity index (χ0v) is 12.5. The summed E-state index contributed by atoms with van der Waals surface area (Å²) < 4.78 is 0. The molecule has 0 saturated carbocycles. The predicted octanol–water partition coefficient (Wildman–Crippen LogP) is 3.34. The van der Waals surface area contributed by atoms with Gasteiger partial charge in [-0.05, 0) is 36.5 Å². The molecule has 0 atom stereocenters. The van der Waals surface area contributed by atoms with E-state index in [4.69, 9.17) is 5.73 Å². The first-order valence-electron chi connectivity index (χ1n) is 6.69. The molecular weight excluding hydrogens is 260 g/mol. The van der Waals surface area contributed by atoms with Crippen LogP contribution in [-0.4, -0.2) is 23.9 Å². The van der Waals surface area contributed by atoms with Crippen LogP contribution in [-0.2, 0) is 0 Å². The average molecular weight is 283 g/mol. The largest absolute Gasteiger partial charge is 0.399 e. The number of benzene rings is 1. The number of nitrogens with zero attached hydrogens (tertiary/aromatic N) is 1. The lowest BCUT2D eigenvalue weighted by atomic mass is 9.78. The van der Waals surface area contributed by atoms with Gasteiger partial charge >= 0.3 is 0 Å². The summed E-state index contributed by atoms with van der Waals surface area (Å²) in [6.45, 7) is 6.26. The second kappa shape index (κ2) is 6.29. The first-order chi connectivity index (χ1) is 8.54. The molecule has 4 heteroatoms. The zero-order chi connectivity index (χ0) is 13.2. The molecule has 1 aliphatic heterocycles. The molecule has 106 valence electrons. The Morgan fingerprint density at radius 2 is 2.00 bits per heavy atom. The van der Waals surface area contributed by atoms with E-state index in [0.717, 1.165) is 25.9 Å². The van der Waals surface area contributed by atoms with Gasteiger partial charge in [-0.1, -0.05) is 26.3 Å². The number of amides is 1. The number of hydrogen-bond donors (Lipinski definition) is 1. The minimum Gasteiger partial charge on any atom is -0.399 e. The number of hydrogen-bond acceptors (Lipinski definition) is 2. The molecule has 0 spiro atoms. The van der Waals surface area contributed by atoms with E-state index in [9.17, 15) is 4.79 Å². The molecule has 3 nitrogen and oxygen atoms in total. The van der Waals surface area contributed by atoms with Crippen LogP contribution in [0.4, 0.5) is 5.69 Å². The third-order valence-corrected chi connectivity index (χ3v) is 4.24. The van der Waals surface area contributed by atoms with Crippen LogP contribution < -0.4 is 5.73 Å². The van der Waals surface area contributed by atoms with Crippen molar-refractivity contribution < 1.29 is 4.79 Å². The number of nitrogens with two attached hydrogens (primary N) is 1. The van der Waals surface area contributed by atoms with E-state index < -0.39 is 0 Å². The van der Waals surface area contributed by atoms with Gasteiger partial charge in [-0.2, -0.15) is 0 Å². The van der Waals surface area contributed by atoms with E-state index in [0.29, 0.717) is 16.7 Å². The summed E-state index contributed by atoms with van der Waals surface area (Å²) in [4.78, 5) is 14.3. The Hall–Kier alpha value is -1.22. The van der Waals surface area contributed by atoms with Crippen molar-refractivity contribution in [2.24, 2.45) is 5.41 Å². The highest BCUT2D eigenvalue weighted by atomic mass is 35.5. The molecule has 1 aromatic rings. The van der Waals surface area contributed by atoms with Gasteiger partial charge in [-0.15, -0.1) is 12.4 Å². The smallest absolute Gasteiger partial charge is 0.253 e. The number of piperidine rings is 1. The molecule has 1 aliphatic rings. The summed E-state index contributed by atoms with van der Waals surface area (Å²) in [7, 11) is 0. The van der Waals surface area contributed by atoms with Gasteiger partial charge in [-0.3, -0.25) is 4.79 Å². The fourth-order valence-corrected chi connectivity index (χ4v) is 2.46. The molecule has 2 rings (SSSR count). The molecule has 0 aromatic heterocycles. The second-order valence-corrected chi connectivity index (χ2v) is 5.58. The lowest BCUT2D eigenvalue weighted by molar-refractivity contribution is 0.0600. The standard InChI is InChI=1S/C15H22N2O.ClH/c1-3-15(2)7-9-17(10-8-15)14(18)12-5-4-6-13(16)11-12;/h4-6,11H,3,7-10,16H2,1-2H3;1H. The first-order valence-corrected chi connectivity index (χ1v) is 6.69. The Bertz CT molecular complexity index is 440. The molecule has 19 heavy (non-hydrogen) atoms. The number of likely N-dealkylation sites (tertiary alicyclic amines) is 1. The minimum absolute atomic E-state index is 0. The fourth-order valence-electron chi connectivity index (χ4n) is 2.46. The summed E-state index contributed by atoms with van der Waals surface area (Å²) in [5.74, 6) is 0.112. The molecular formula is C15H23ClN2O. The van der Waals surface area contributed by atoms with E-state index in [1.165, 1.54) is 6.42 Å². The van der Waals surface area contributed by atoms with Crippen molar-refractivity contribution in [1.82, 2.24) is 4.90 Å². The molecule has 2 N–H and O–H groups in total. The topological polar surface area (TPSA) is 46.3 Å². The van der Waals surface area contributed by atoms with Gasteiger partial charge in [-0.25, -0.2) is 0 Å². The van der Waals surface area contributed by atoms with Crippen LogP contribution in [0, 0.1) is 5.41 Å². The number of carbonyl (C=O) groups is 1. The molecule has 0 radical (unpaired) electrons. The molecule has 0 unspecified atom stereocenters. The number of rotatable bonds is 2. The van der Waals surface area contributed by atoms with Crippen LogP contribution in [0.25, 0.3) is 0 Å². The van der Waals surface area contributed by atoms with E-state index in [1.807, 2.05) is 17.0 Å². The Labute approximate surface area is 121 Å². The van der Waals surface area contributed by atoms with E-state index in [2.05, 4.69) is 13.8 Å². The van der Waals surface area contributed by atoms with Crippen molar-refractivity contribution in [3.05, 3.63) is 29.8 Å². The van der Waals surface area contributed by atoms with Gasteiger partial charge in [0, 0.05) is 24.3 Å². The van der Waals surface area contributed by atoms with E-state index in [-0.39, 0.29) is 18.3 Å². The van der Waals surface area contributed by atoms with Crippen molar-refractivity contribution in [1.29, 1.82) is 0 Å². The van der Waals surface area contributed by atoms with Gasteiger partial charge in [0.25, 0.3) is 5.91 Å². The fraction of sp³-hybridized carbons (Fsp3) is 0.533. The van der Waals surface area contributed by atoms with Crippen LogP contribution in [0.2, 0.25) is 0 Å². The molecule has 1 fully saturated rings. The van der Waals surface area contributed by atoms with Crippen molar-refractivity contribution >= 4 is 24.0 Å². The maximum Gasteiger partial charge on any atom is 0.253 e. The molecule has 1 heterocycles. The number of carbonyl (C=O) groups excluding carboxylic acids is 1. The first kappa shape index (κ1) is 15.8. The van der Waals surface area contributed by atoms with Crippen LogP contribution in [0.1, 0.15) is 43.5 Å². The summed E-state index contributed by atoms with van der Waals surface area (Å²) in [5.41, 5.74) is 7.48. The number of halogens is 1. The highest BCUT2D eigenvalue weighted by molar-refractivity contribution is 5.95. The van der Waals surface area contributed by atoms with Crippen molar-refractivity contribution in [3.8, 4) is 0 Å². The summed E-state index contributed by atoms with van der Waals surface area (Å²) >= 11 is 0. The van der Waals surface area contributed by atoms with Crippen LogP contribution in [0.3, 0.4) is 0 Å². The van der Waals surface area contributed by atoms with Gasteiger partial charge in [0.1, 0.15) is 0 Å². The number of nitrogen functional groups attached to an aromatic ring is 1. The van der Waals surface area contributed by atoms with Crippen molar-refractivity contribution in [3.63, 3.8) is 0 Å². The van der Waals surface area contributed by atoms with Crippen molar-refractivity contribution in [2.45, 2.75) is 33.1 Å². The van der Waals surface area contributed by atoms with Gasteiger partial charge in [0.15, 0.2) is 0 Å². The van der Waals surface area contributed by atoms with Gasteiger partial charge in [0.2, 0.25) is 0 Å². The second-order valence-electron chi connectivity index (χ2n) is 5.58. The van der Waals surface area contributed by atoms with Gasteiger partial charge in [0.05, 0.1) is 0 Å². The third-order valence-electron chi connectivity index (χ3n) is 4.24. The highest BCUT2D eigenvalue weighted by Crippen LogP contribution is 2.34. The molecule has 1 aromatic carbocycles. The Kier molecular flexibility index (Phi) is 5.24. The Morgan fingerprint density at radius 1 is 1.37 bits per heavy atom. The van der Waals surface area contributed by atoms with Crippen LogP contribution >= 0.6 is 12.4 Å². The molecule has 1 amide bonds. The average Bonchev–Trinajstić information content (AvgIpc) is 2.39.